The van der Waals surface area contributed by atoms with Gasteiger partial charge in [-0.25, -0.2) is 13.1 Å². The Kier molecular flexibility index (Phi) is 12.2. The number of hydrogen-bond acceptors (Lipinski definition) is 3. The largest absolute Gasteiger partial charge is 0.356 e. The van der Waals surface area contributed by atoms with Gasteiger partial charge in [0.25, 0.3) is 0 Å². The highest BCUT2D eigenvalue weighted by Gasteiger charge is 2.29. The van der Waals surface area contributed by atoms with E-state index in [0.717, 1.165) is 43.9 Å². The van der Waals surface area contributed by atoms with Crippen LogP contribution < -0.4 is 10.0 Å². The van der Waals surface area contributed by atoms with Gasteiger partial charge in [-0.1, -0.05) is 26.7 Å². The zero-order chi connectivity index (χ0) is 17.3. The molecular formula is C16H35IN4O2S. The number of guanidine groups is 1. The predicted octanol–water partition coefficient (Wildman–Crippen LogP) is 2.27. The van der Waals surface area contributed by atoms with Crippen molar-refractivity contribution in [1.29, 1.82) is 0 Å². The molecule has 0 amide bonds. The lowest BCUT2D eigenvalue weighted by molar-refractivity contribution is 0.319. The fraction of sp³-hybridized carbons (Fsp3) is 0.938. The van der Waals surface area contributed by atoms with Crippen molar-refractivity contribution in [2.75, 3.05) is 39.0 Å². The van der Waals surface area contributed by atoms with Crippen molar-refractivity contribution < 1.29 is 8.42 Å². The van der Waals surface area contributed by atoms with Gasteiger partial charge < -0.3 is 10.2 Å². The third-order valence-electron chi connectivity index (χ3n) is 4.79. The molecule has 1 aliphatic heterocycles. The minimum absolute atomic E-state index is 0. The lowest BCUT2D eigenvalue weighted by atomic mass is 9.87. The fourth-order valence-corrected chi connectivity index (χ4v) is 3.93. The van der Waals surface area contributed by atoms with Gasteiger partial charge in [0.15, 0.2) is 5.96 Å². The van der Waals surface area contributed by atoms with Crippen LogP contribution in [0.3, 0.4) is 0 Å². The average Bonchev–Trinajstić information content (AvgIpc) is 3.01. The third-order valence-corrected chi connectivity index (χ3v) is 6.19. The van der Waals surface area contributed by atoms with E-state index in [9.17, 15) is 8.42 Å². The van der Waals surface area contributed by atoms with E-state index in [1.54, 1.807) is 6.92 Å². The molecule has 0 aliphatic carbocycles. The Morgan fingerprint density at radius 1 is 1.25 bits per heavy atom. The summed E-state index contributed by atoms with van der Waals surface area (Å²) in [6.07, 6.45) is 4.49. The minimum Gasteiger partial charge on any atom is -0.356 e. The van der Waals surface area contributed by atoms with Crippen molar-refractivity contribution >= 4 is 40.0 Å². The van der Waals surface area contributed by atoms with Gasteiger partial charge in [0, 0.05) is 33.2 Å². The first-order valence-corrected chi connectivity index (χ1v) is 10.6. The minimum atomic E-state index is -3.08. The summed E-state index contributed by atoms with van der Waals surface area (Å²) < 4.78 is 25.3. The number of sulfonamides is 1. The monoisotopic (exact) mass is 474 g/mol. The first kappa shape index (κ1) is 23.9. The van der Waals surface area contributed by atoms with Gasteiger partial charge in [-0.05, 0) is 31.6 Å². The van der Waals surface area contributed by atoms with Crippen molar-refractivity contribution in [2.24, 2.45) is 16.8 Å². The first-order valence-electron chi connectivity index (χ1n) is 8.90. The lowest BCUT2D eigenvalue weighted by Crippen LogP contribution is -2.41. The van der Waals surface area contributed by atoms with Crippen LogP contribution in [0.2, 0.25) is 0 Å². The fourth-order valence-electron chi connectivity index (χ4n) is 3.27. The SMILES string of the molecule is CCC(CC)C1CCN(C(=NC)NCCCNS(=O)(=O)CC)C1.I. The molecule has 6 nitrogen and oxygen atoms in total. The summed E-state index contributed by atoms with van der Waals surface area (Å²) >= 11 is 0. The molecule has 1 aliphatic rings. The van der Waals surface area contributed by atoms with E-state index in [1.165, 1.54) is 19.3 Å². The van der Waals surface area contributed by atoms with Crippen LogP contribution in [0.1, 0.15) is 46.5 Å². The molecule has 0 saturated carbocycles. The Labute approximate surface area is 165 Å². The van der Waals surface area contributed by atoms with Gasteiger partial charge >= 0.3 is 0 Å². The van der Waals surface area contributed by atoms with Gasteiger partial charge in [0.05, 0.1) is 5.75 Å². The highest BCUT2D eigenvalue weighted by Crippen LogP contribution is 2.28. The molecule has 1 atom stereocenters. The summed E-state index contributed by atoms with van der Waals surface area (Å²) in [6.45, 7) is 9.54. The molecule has 0 aromatic rings. The van der Waals surface area contributed by atoms with Gasteiger partial charge in [-0.2, -0.15) is 0 Å². The Balaban J connectivity index is 0.00000529. The Hall–Kier alpha value is -0.0900. The molecule has 24 heavy (non-hydrogen) atoms. The summed E-state index contributed by atoms with van der Waals surface area (Å²) in [6, 6.07) is 0. The summed E-state index contributed by atoms with van der Waals surface area (Å²) in [7, 11) is -1.27. The number of nitrogens with zero attached hydrogens (tertiary/aromatic N) is 2. The van der Waals surface area contributed by atoms with Crippen molar-refractivity contribution in [3.63, 3.8) is 0 Å². The van der Waals surface area contributed by atoms with E-state index >= 15 is 0 Å². The number of nitrogens with one attached hydrogen (secondary N) is 2. The van der Waals surface area contributed by atoms with Crippen LogP contribution >= 0.6 is 24.0 Å². The van der Waals surface area contributed by atoms with Crippen LogP contribution in [0.25, 0.3) is 0 Å². The second-order valence-electron chi connectivity index (χ2n) is 6.20. The molecule has 0 radical (unpaired) electrons. The third kappa shape index (κ3) is 7.86. The number of rotatable bonds is 9. The van der Waals surface area contributed by atoms with Gasteiger partial charge in [0.2, 0.25) is 10.0 Å². The van der Waals surface area contributed by atoms with Crippen molar-refractivity contribution in [3.8, 4) is 0 Å². The molecule has 0 spiro atoms. The molecular weight excluding hydrogens is 439 g/mol. The number of aliphatic imine (C=N–C) groups is 1. The summed E-state index contributed by atoms with van der Waals surface area (Å²) in [5, 5.41) is 3.35. The number of hydrogen-bond donors (Lipinski definition) is 2. The highest BCUT2D eigenvalue weighted by atomic mass is 127. The van der Waals surface area contributed by atoms with Crippen molar-refractivity contribution in [2.45, 2.75) is 46.5 Å². The smallest absolute Gasteiger partial charge is 0.211 e. The molecule has 8 heteroatoms. The Bertz CT molecular complexity index is 467. The molecule has 1 rings (SSSR count). The maximum Gasteiger partial charge on any atom is 0.211 e. The number of halogens is 1. The molecule has 0 bridgehead atoms. The van der Waals surface area contributed by atoms with Crippen molar-refractivity contribution in [3.05, 3.63) is 0 Å². The zero-order valence-corrected chi connectivity index (χ0v) is 18.7. The van der Waals surface area contributed by atoms with Crippen molar-refractivity contribution in [1.82, 2.24) is 14.9 Å². The van der Waals surface area contributed by atoms with Crippen LogP contribution in [0.5, 0.6) is 0 Å². The van der Waals surface area contributed by atoms with Crippen LogP contribution in [0.4, 0.5) is 0 Å². The second kappa shape index (κ2) is 12.3. The normalized spacial score (nSPS) is 18.8. The van der Waals surface area contributed by atoms with E-state index in [-0.39, 0.29) is 29.7 Å². The predicted molar refractivity (Wildman–Crippen MR) is 113 cm³/mol. The molecule has 1 fully saturated rings. The van der Waals surface area contributed by atoms with Crippen LogP contribution in [0, 0.1) is 11.8 Å². The molecule has 1 unspecified atom stereocenters. The average molecular weight is 474 g/mol. The van der Waals surface area contributed by atoms with E-state index in [1.807, 2.05) is 7.05 Å². The van der Waals surface area contributed by atoms with Gasteiger partial charge in [-0.15, -0.1) is 24.0 Å². The Morgan fingerprint density at radius 3 is 2.46 bits per heavy atom. The van der Waals surface area contributed by atoms with Crippen LogP contribution in [-0.4, -0.2) is 58.3 Å². The van der Waals surface area contributed by atoms with Gasteiger partial charge in [-0.3, -0.25) is 4.99 Å². The summed E-state index contributed by atoms with van der Waals surface area (Å²) in [5.74, 6) is 2.64. The standard InChI is InChI=1S/C16H34N4O2S.HI/c1-5-14(6-2)15-9-12-20(13-15)16(17-4)18-10-8-11-19-23(21,22)7-3;/h14-15,19H,5-13H2,1-4H3,(H,17,18);1H. The summed E-state index contributed by atoms with van der Waals surface area (Å²) in [5.41, 5.74) is 0. The molecule has 0 aromatic heterocycles. The van der Waals surface area contributed by atoms with Gasteiger partial charge in [0.1, 0.15) is 0 Å². The summed E-state index contributed by atoms with van der Waals surface area (Å²) in [4.78, 5) is 6.70. The first-order chi connectivity index (χ1) is 11.0. The van der Waals surface area contributed by atoms with E-state index in [0.29, 0.717) is 6.54 Å². The maximum atomic E-state index is 11.4. The van der Waals surface area contributed by atoms with Crippen LogP contribution in [-0.2, 0) is 10.0 Å². The van der Waals surface area contributed by atoms with E-state index < -0.39 is 10.0 Å². The number of likely N-dealkylation sites (tertiary alicyclic amines) is 1. The Morgan fingerprint density at radius 2 is 1.92 bits per heavy atom. The molecule has 1 saturated heterocycles. The molecule has 2 N–H and O–H groups in total. The lowest BCUT2D eigenvalue weighted by Gasteiger charge is -2.24. The van der Waals surface area contributed by atoms with E-state index in [2.05, 4.69) is 33.8 Å². The molecule has 144 valence electrons. The quantitative estimate of drug-likeness (QED) is 0.233. The molecule has 1 heterocycles. The maximum absolute atomic E-state index is 11.4. The topological polar surface area (TPSA) is 73.8 Å². The zero-order valence-electron chi connectivity index (χ0n) is 15.5. The van der Waals surface area contributed by atoms with Crippen LogP contribution in [0.15, 0.2) is 4.99 Å². The highest BCUT2D eigenvalue weighted by molar-refractivity contribution is 14.0. The molecule has 0 aromatic carbocycles. The van der Waals surface area contributed by atoms with E-state index in [4.69, 9.17) is 0 Å². The second-order valence-corrected chi connectivity index (χ2v) is 8.29.